The molecule has 0 heterocycles. The summed E-state index contributed by atoms with van der Waals surface area (Å²) in [6.07, 6.45) is 0. The van der Waals surface area contributed by atoms with E-state index in [4.69, 9.17) is 9.84 Å². The van der Waals surface area contributed by atoms with Crippen LogP contribution in [0.3, 0.4) is 0 Å². The summed E-state index contributed by atoms with van der Waals surface area (Å²) in [5.74, 6) is 1.69. The van der Waals surface area contributed by atoms with Crippen molar-refractivity contribution in [2.45, 2.75) is 0 Å². The fourth-order valence-corrected chi connectivity index (χ4v) is 1.21. The molecule has 0 amide bonds. The van der Waals surface area contributed by atoms with Crippen LogP contribution in [0.2, 0.25) is 0 Å². The van der Waals surface area contributed by atoms with Crippen molar-refractivity contribution in [1.82, 2.24) is 0 Å². The number of benzene rings is 2. The number of rotatable bonds is 2. The molecule has 2 nitrogen and oxygen atoms in total. The number of hydrogen-bond acceptors (Lipinski definition) is 2. The van der Waals surface area contributed by atoms with Gasteiger partial charge in [-0.25, -0.2) is 0 Å². The van der Waals surface area contributed by atoms with E-state index < -0.39 is 0 Å². The highest BCUT2D eigenvalue weighted by atomic mass is 16.5. The summed E-state index contributed by atoms with van der Waals surface area (Å²) in [5, 5.41) is 9.10. The van der Waals surface area contributed by atoms with E-state index in [1.54, 1.807) is 24.3 Å². The van der Waals surface area contributed by atoms with Gasteiger partial charge in [-0.15, -0.1) is 0 Å². The predicted molar refractivity (Wildman–Crippen MR) is 59.1 cm³/mol. The van der Waals surface area contributed by atoms with E-state index in [2.05, 4.69) is 6.92 Å². The molecule has 0 aliphatic carbocycles. The third-order valence-corrected chi connectivity index (χ3v) is 2.00. The summed E-state index contributed by atoms with van der Waals surface area (Å²) in [7, 11) is 0. The number of hydrogen-bond donors (Lipinski definition) is 1. The van der Waals surface area contributed by atoms with Gasteiger partial charge < -0.3 is 9.84 Å². The molecule has 2 rings (SSSR count). The molecule has 0 aromatic heterocycles. The number of phenols is 1. The first-order valence-electron chi connectivity index (χ1n) is 4.63. The summed E-state index contributed by atoms with van der Waals surface area (Å²) < 4.78 is 5.55. The van der Waals surface area contributed by atoms with Crippen LogP contribution in [0.4, 0.5) is 0 Å². The highest BCUT2D eigenvalue weighted by Gasteiger charge is 1.96. The molecule has 15 heavy (non-hydrogen) atoms. The molecule has 0 fully saturated rings. The monoisotopic (exact) mass is 199 g/mol. The first-order valence-corrected chi connectivity index (χ1v) is 4.63. The summed E-state index contributed by atoms with van der Waals surface area (Å²) in [6, 6.07) is 14.1. The number of aromatic hydroxyl groups is 1. The molecule has 0 aliphatic heterocycles. The Kier molecular flexibility index (Phi) is 2.59. The highest BCUT2D eigenvalue weighted by Crippen LogP contribution is 2.23. The zero-order chi connectivity index (χ0) is 10.7. The van der Waals surface area contributed by atoms with Crippen LogP contribution in [-0.4, -0.2) is 5.11 Å². The molecule has 0 aliphatic rings. The molecule has 2 aromatic rings. The second-order valence-electron chi connectivity index (χ2n) is 3.24. The Hall–Kier alpha value is -1.96. The number of ether oxygens (including phenoxy) is 1. The van der Waals surface area contributed by atoms with E-state index in [-0.39, 0.29) is 5.75 Å². The largest absolute Gasteiger partial charge is 0.508 e. The fourth-order valence-electron chi connectivity index (χ4n) is 1.21. The van der Waals surface area contributed by atoms with E-state index in [1.807, 2.05) is 24.3 Å². The Bertz CT molecular complexity index is 386. The van der Waals surface area contributed by atoms with Crippen molar-refractivity contribution in [2.75, 3.05) is 0 Å². The van der Waals surface area contributed by atoms with Crippen molar-refractivity contribution in [3.8, 4) is 17.2 Å². The van der Waals surface area contributed by atoms with Crippen LogP contribution >= 0.6 is 0 Å². The SMILES string of the molecule is [CH2]c1ccc(Oc2ccc(O)cc2)cc1. The van der Waals surface area contributed by atoms with E-state index >= 15 is 0 Å². The maximum absolute atomic E-state index is 9.10. The van der Waals surface area contributed by atoms with Gasteiger partial charge in [0.2, 0.25) is 0 Å². The third kappa shape index (κ3) is 2.50. The van der Waals surface area contributed by atoms with E-state index in [0.29, 0.717) is 5.75 Å². The molecular formula is C13H11O2. The smallest absolute Gasteiger partial charge is 0.127 e. The Morgan fingerprint density at radius 3 is 1.80 bits per heavy atom. The zero-order valence-corrected chi connectivity index (χ0v) is 8.18. The quantitative estimate of drug-likeness (QED) is 0.803. The second kappa shape index (κ2) is 4.05. The van der Waals surface area contributed by atoms with Gasteiger partial charge in [0.25, 0.3) is 0 Å². The van der Waals surface area contributed by atoms with Crippen LogP contribution in [0.1, 0.15) is 5.56 Å². The fraction of sp³-hybridized carbons (Fsp3) is 0. The predicted octanol–water partition coefficient (Wildman–Crippen LogP) is 3.37. The minimum absolute atomic E-state index is 0.232. The van der Waals surface area contributed by atoms with Crippen molar-refractivity contribution < 1.29 is 9.84 Å². The molecule has 0 atom stereocenters. The van der Waals surface area contributed by atoms with Crippen molar-refractivity contribution >= 4 is 0 Å². The Labute approximate surface area is 88.8 Å². The molecule has 1 N–H and O–H groups in total. The third-order valence-electron chi connectivity index (χ3n) is 2.00. The lowest BCUT2D eigenvalue weighted by Gasteiger charge is -2.05. The normalized spacial score (nSPS) is 9.93. The van der Waals surface area contributed by atoms with Gasteiger partial charge in [-0.2, -0.15) is 0 Å². The van der Waals surface area contributed by atoms with Crippen molar-refractivity contribution in [1.29, 1.82) is 0 Å². The summed E-state index contributed by atoms with van der Waals surface area (Å²) >= 11 is 0. The lowest BCUT2D eigenvalue weighted by atomic mass is 10.2. The summed E-state index contributed by atoms with van der Waals surface area (Å²) in [4.78, 5) is 0. The maximum atomic E-state index is 9.10. The van der Waals surface area contributed by atoms with Gasteiger partial charge >= 0.3 is 0 Å². The highest BCUT2D eigenvalue weighted by molar-refractivity contribution is 5.36. The van der Waals surface area contributed by atoms with Crippen molar-refractivity contribution in [3.05, 3.63) is 61.0 Å². The number of phenolic OH excluding ortho intramolecular Hbond substituents is 1. The lowest BCUT2D eigenvalue weighted by molar-refractivity contribution is 0.464. The van der Waals surface area contributed by atoms with Gasteiger partial charge in [0.05, 0.1) is 0 Å². The molecular weight excluding hydrogens is 188 g/mol. The van der Waals surface area contributed by atoms with Gasteiger partial charge in [0.15, 0.2) is 0 Å². The first-order chi connectivity index (χ1) is 7.24. The maximum Gasteiger partial charge on any atom is 0.127 e. The minimum Gasteiger partial charge on any atom is -0.508 e. The Morgan fingerprint density at radius 1 is 0.800 bits per heavy atom. The molecule has 0 saturated heterocycles. The molecule has 0 bridgehead atoms. The molecule has 0 unspecified atom stereocenters. The average Bonchev–Trinajstić information content (AvgIpc) is 2.25. The molecule has 0 spiro atoms. The summed E-state index contributed by atoms with van der Waals surface area (Å²) in [6.45, 7) is 3.79. The van der Waals surface area contributed by atoms with Gasteiger partial charge in [-0.1, -0.05) is 12.1 Å². The van der Waals surface area contributed by atoms with Gasteiger partial charge in [0, 0.05) is 0 Å². The minimum atomic E-state index is 0.232. The zero-order valence-electron chi connectivity index (χ0n) is 8.18. The van der Waals surface area contributed by atoms with Crippen molar-refractivity contribution in [3.63, 3.8) is 0 Å². The van der Waals surface area contributed by atoms with Gasteiger partial charge in [-0.05, 0) is 48.9 Å². The van der Waals surface area contributed by atoms with E-state index in [9.17, 15) is 0 Å². The first kappa shape index (κ1) is 9.59. The molecule has 0 saturated carbocycles. The van der Waals surface area contributed by atoms with Crippen LogP contribution in [0, 0.1) is 6.92 Å². The second-order valence-corrected chi connectivity index (χ2v) is 3.24. The molecule has 75 valence electrons. The Morgan fingerprint density at radius 2 is 1.27 bits per heavy atom. The van der Waals surface area contributed by atoms with E-state index in [0.717, 1.165) is 11.3 Å². The molecule has 1 radical (unpaired) electrons. The standard InChI is InChI=1S/C13H11O2/c1-10-2-6-12(7-3-10)15-13-8-4-11(14)5-9-13/h2-9,14H,1H2. The van der Waals surface area contributed by atoms with Crippen LogP contribution in [0.15, 0.2) is 48.5 Å². The van der Waals surface area contributed by atoms with Crippen molar-refractivity contribution in [2.24, 2.45) is 0 Å². The van der Waals surface area contributed by atoms with Gasteiger partial charge in [-0.3, -0.25) is 0 Å². The van der Waals surface area contributed by atoms with E-state index in [1.165, 1.54) is 0 Å². The summed E-state index contributed by atoms with van der Waals surface area (Å²) in [5.41, 5.74) is 0.952. The molecule has 2 aromatic carbocycles. The Balaban J connectivity index is 2.15. The topological polar surface area (TPSA) is 29.5 Å². The van der Waals surface area contributed by atoms with Crippen LogP contribution < -0.4 is 4.74 Å². The lowest BCUT2D eigenvalue weighted by Crippen LogP contribution is -1.83. The molecule has 2 heteroatoms. The van der Waals surface area contributed by atoms with Crippen LogP contribution in [0.25, 0.3) is 0 Å². The van der Waals surface area contributed by atoms with Crippen LogP contribution in [0.5, 0.6) is 17.2 Å². The average molecular weight is 199 g/mol. The van der Waals surface area contributed by atoms with Crippen LogP contribution in [-0.2, 0) is 0 Å². The van der Waals surface area contributed by atoms with Gasteiger partial charge in [0.1, 0.15) is 17.2 Å².